The van der Waals surface area contributed by atoms with Crippen molar-refractivity contribution in [2.45, 2.75) is 11.6 Å². The Kier molecular flexibility index (Phi) is 4.89. The molecule has 2 amide bonds. The fourth-order valence-electron chi connectivity index (χ4n) is 2.52. The van der Waals surface area contributed by atoms with Crippen molar-refractivity contribution in [2.75, 3.05) is 17.6 Å². The van der Waals surface area contributed by atoms with Crippen molar-refractivity contribution >= 4 is 23.5 Å². The number of amides is 2. The summed E-state index contributed by atoms with van der Waals surface area (Å²) in [6.07, 6.45) is -4.41. The number of carbonyl (C=O) groups excluding carboxylic acids is 1. The first-order valence-corrected chi connectivity index (χ1v) is 8.51. The van der Waals surface area contributed by atoms with Crippen LogP contribution in [-0.4, -0.2) is 23.2 Å². The van der Waals surface area contributed by atoms with Gasteiger partial charge in [-0.05, 0) is 42.0 Å². The molecule has 0 radical (unpaired) electrons. The lowest BCUT2D eigenvalue weighted by molar-refractivity contribution is -0.137. The number of halogens is 4. The van der Waals surface area contributed by atoms with Gasteiger partial charge < -0.3 is 10.2 Å². The minimum atomic E-state index is -4.41. The molecule has 0 spiro atoms. The SMILES string of the molecule is O=C(Nc1ccc(C(F)(F)F)cc1)N1CCSC1c1ccc(F)cc1. The lowest BCUT2D eigenvalue weighted by Gasteiger charge is -2.24. The van der Waals surface area contributed by atoms with Gasteiger partial charge in [0.25, 0.3) is 0 Å². The van der Waals surface area contributed by atoms with Crippen LogP contribution < -0.4 is 5.32 Å². The van der Waals surface area contributed by atoms with Crippen LogP contribution in [0.15, 0.2) is 48.5 Å². The van der Waals surface area contributed by atoms with E-state index in [1.807, 2.05) is 0 Å². The molecule has 1 unspecified atom stereocenters. The molecule has 1 heterocycles. The Labute approximate surface area is 146 Å². The molecule has 1 atom stereocenters. The highest BCUT2D eigenvalue weighted by Crippen LogP contribution is 2.38. The molecule has 25 heavy (non-hydrogen) atoms. The van der Waals surface area contributed by atoms with E-state index in [1.165, 1.54) is 24.3 Å². The number of nitrogens with one attached hydrogen (secondary N) is 1. The van der Waals surface area contributed by atoms with Crippen LogP contribution in [0.4, 0.5) is 28.0 Å². The van der Waals surface area contributed by atoms with Gasteiger partial charge in [0.2, 0.25) is 0 Å². The minimum Gasteiger partial charge on any atom is -0.308 e. The zero-order valence-corrected chi connectivity index (χ0v) is 13.7. The van der Waals surface area contributed by atoms with Gasteiger partial charge in [-0.1, -0.05) is 12.1 Å². The number of carbonyl (C=O) groups is 1. The third-order valence-electron chi connectivity index (χ3n) is 3.77. The number of alkyl halides is 3. The third-order valence-corrected chi connectivity index (χ3v) is 5.03. The second-order valence-corrected chi connectivity index (χ2v) is 6.66. The molecule has 1 aliphatic rings. The summed E-state index contributed by atoms with van der Waals surface area (Å²) in [7, 11) is 0. The molecule has 2 aromatic rings. The number of rotatable bonds is 2. The number of thioether (sulfide) groups is 1. The highest BCUT2D eigenvalue weighted by Gasteiger charge is 2.32. The molecular weight excluding hydrogens is 356 g/mol. The molecule has 132 valence electrons. The molecule has 3 nitrogen and oxygen atoms in total. The molecule has 1 N–H and O–H groups in total. The Morgan fingerprint density at radius 1 is 1.08 bits per heavy atom. The van der Waals surface area contributed by atoms with Crippen molar-refractivity contribution in [2.24, 2.45) is 0 Å². The zero-order valence-electron chi connectivity index (χ0n) is 12.9. The molecule has 0 aromatic heterocycles. The zero-order chi connectivity index (χ0) is 18.0. The van der Waals surface area contributed by atoms with Gasteiger partial charge in [-0.3, -0.25) is 0 Å². The van der Waals surface area contributed by atoms with E-state index in [4.69, 9.17) is 0 Å². The van der Waals surface area contributed by atoms with Gasteiger partial charge in [0.05, 0.1) is 5.56 Å². The predicted molar refractivity (Wildman–Crippen MR) is 88.8 cm³/mol. The largest absolute Gasteiger partial charge is 0.416 e. The van der Waals surface area contributed by atoms with E-state index >= 15 is 0 Å². The molecule has 1 aliphatic heterocycles. The Morgan fingerprint density at radius 3 is 2.32 bits per heavy atom. The molecule has 8 heteroatoms. The van der Waals surface area contributed by atoms with Crippen molar-refractivity contribution < 1.29 is 22.4 Å². The van der Waals surface area contributed by atoms with E-state index in [0.717, 1.165) is 23.4 Å². The highest BCUT2D eigenvalue weighted by molar-refractivity contribution is 7.99. The van der Waals surface area contributed by atoms with Gasteiger partial charge in [-0.15, -0.1) is 11.8 Å². The molecule has 1 fully saturated rings. The summed E-state index contributed by atoms with van der Waals surface area (Å²) in [5.41, 5.74) is 0.311. The number of anilines is 1. The van der Waals surface area contributed by atoms with Crippen LogP contribution in [0.2, 0.25) is 0 Å². The lowest BCUT2D eigenvalue weighted by Crippen LogP contribution is -2.34. The maximum absolute atomic E-state index is 13.1. The first-order chi connectivity index (χ1) is 11.8. The summed E-state index contributed by atoms with van der Waals surface area (Å²) in [6.45, 7) is 0.499. The van der Waals surface area contributed by atoms with Crippen molar-refractivity contribution in [1.29, 1.82) is 0 Å². The van der Waals surface area contributed by atoms with Gasteiger partial charge in [0, 0.05) is 18.0 Å². The summed E-state index contributed by atoms with van der Waals surface area (Å²) in [5.74, 6) is 0.371. The average molecular weight is 370 g/mol. The number of benzene rings is 2. The number of hydrogen-bond donors (Lipinski definition) is 1. The molecule has 0 saturated carbocycles. The fourth-order valence-corrected chi connectivity index (χ4v) is 3.78. The molecule has 3 rings (SSSR count). The van der Waals surface area contributed by atoms with Gasteiger partial charge >= 0.3 is 12.2 Å². The van der Waals surface area contributed by atoms with Gasteiger partial charge in [0.15, 0.2) is 0 Å². The van der Waals surface area contributed by atoms with Crippen LogP contribution >= 0.6 is 11.8 Å². The van der Waals surface area contributed by atoms with Crippen LogP contribution in [0.25, 0.3) is 0 Å². The molecule has 2 aromatic carbocycles. The van der Waals surface area contributed by atoms with E-state index in [1.54, 1.807) is 28.8 Å². The van der Waals surface area contributed by atoms with E-state index in [9.17, 15) is 22.4 Å². The van der Waals surface area contributed by atoms with Crippen molar-refractivity contribution in [3.05, 3.63) is 65.5 Å². The second-order valence-electron chi connectivity index (χ2n) is 5.47. The lowest BCUT2D eigenvalue weighted by atomic mass is 10.2. The van der Waals surface area contributed by atoms with Crippen molar-refractivity contribution in [1.82, 2.24) is 4.90 Å². The summed E-state index contributed by atoms with van der Waals surface area (Å²) in [6, 6.07) is 9.79. The van der Waals surface area contributed by atoms with Crippen LogP contribution in [-0.2, 0) is 6.18 Å². The third kappa shape index (κ3) is 4.07. The molecule has 1 saturated heterocycles. The quantitative estimate of drug-likeness (QED) is 0.744. The van der Waals surface area contributed by atoms with Crippen molar-refractivity contribution in [3.8, 4) is 0 Å². The topological polar surface area (TPSA) is 32.3 Å². The normalized spacial score (nSPS) is 17.6. The number of hydrogen-bond acceptors (Lipinski definition) is 2. The van der Waals surface area contributed by atoms with E-state index in [2.05, 4.69) is 5.32 Å². The number of nitrogens with zero attached hydrogens (tertiary/aromatic N) is 1. The summed E-state index contributed by atoms with van der Waals surface area (Å²) >= 11 is 1.55. The van der Waals surface area contributed by atoms with E-state index < -0.39 is 17.8 Å². The van der Waals surface area contributed by atoms with Gasteiger partial charge in [-0.2, -0.15) is 13.2 Å². The average Bonchev–Trinajstić information content (AvgIpc) is 3.05. The van der Waals surface area contributed by atoms with Gasteiger partial charge in [0.1, 0.15) is 11.2 Å². The maximum Gasteiger partial charge on any atom is 0.416 e. The first-order valence-electron chi connectivity index (χ1n) is 7.46. The smallest absolute Gasteiger partial charge is 0.308 e. The molecular formula is C17H14F4N2OS. The summed E-state index contributed by atoms with van der Waals surface area (Å²) < 4.78 is 50.8. The first kappa shape index (κ1) is 17.6. The van der Waals surface area contributed by atoms with Crippen LogP contribution in [0.1, 0.15) is 16.5 Å². The summed E-state index contributed by atoms with van der Waals surface area (Å²) in [4.78, 5) is 14.0. The van der Waals surface area contributed by atoms with E-state index in [-0.39, 0.29) is 16.9 Å². The standard InChI is InChI=1S/C17H14F4N2OS/c18-13-5-1-11(2-6-13)15-23(9-10-25-15)16(24)22-14-7-3-12(4-8-14)17(19,20)21/h1-8,15H,9-10H2,(H,22,24). The fraction of sp³-hybridized carbons (Fsp3) is 0.235. The Morgan fingerprint density at radius 2 is 1.72 bits per heavy atom. The predicted octanol–water partition coefficient (Wildman–Crippen LogP) is 5.12. The molecule has 0 bridgehead atoms. The van der Waals surface area contributed by atoms with Crippen LogP contribution in [0.3, 0.4) is 0 Å². The van der Waals surface area contributed by atoms with Crippen molar-refractivity contribution in [3.63, 3.8) is 0 Å². The minimum absolute atomic E-state index is 0.255. The van der Waals surface area contributed by atoms with Gasteiger partial charge in [-0.25, -0.2) is 9.18 Å². The number of urea groups is 1. The summed E-state index contributed by atoms with van der Waals surface area (Å²) in [5, 5.41) is 2.35. The molecule has 0 aliphatic carbocycles. The van der Waals surface area contributed by atoms with E-state index in [0.29, 0.717) is 6.54 Å². The Balaban J connectivity index is 1.70. The maximum atomic E-state index is 13.1. The highest BCUT2D eigenvalue weighted by atomic mass is 32.2. The monoisotopic (exact) mass is 370 g/mol. The second kappa shape index (κ2) is 6.95. The Hall–Kier alpha value is -2.22. The van der Waals surface area contributed by atoms with Crippen LogP contribution in [0, 0.1) is 5.82 Å². The Bertz CT molecular complexity index is 747. The van der Waals surface area contributed by atoms with Crippen LogP contribution in [0.5, 0.6) is 0 Å².